The second kappa shape index (κ2) is 7.86. The van der Waals surface area contributed by atoms with Crippen molar-refractivity contribution in [1.29, 1.82) is 0 Å². The van der Waals surface area contributed by atoms with Crippen molar-refractivity contribution < 1.29 is 13.5 Å². The lowest BCUT2D eigenvalue weighted by Gasteiger charge is -2.29. The summed E-state index contributed by atoms with van der Waals surface area (Å²) in [6, 6.07) is 7.87. The van der Waals surface area contributed by atoms with E-state index < -0.39 is 5.92 Å². The molecule has 4 nitrogen and oxygen atoms in total. The highest BCUT2D eigenvalue weighted by Gasteiger charge is 2.36. The van der Waals surface area contributed by atoms with Crippen LogP contribution in [0.1, 0.15) is 32.6 Å². The van der Waals surface area contributed by atoms with Crippen molar-refractivity contribution in [1.82, 2.24) is 9.55 Å². The molecule has 0 radical (unpaired) electrons. The van der Waals surface area contributed by atoms with E-state index in [2.05, 4.69) is 18.0 Å². The van der Waals surface area contributed by atoms with Gasteiger partial charge in [-0.25, -0.2) is 8.78 Å². The van der Waals surface area contributed by atoms with Crippen molar-refractivity contribution in [2.75, 3.05) is 5.75 Å². The zero-order valence-corrected chi connectivity index (χ0v) is 17.3. The number of pyridine rings is 1. The van der Waals surface area contributed by atoms with Crippen molar-refractivity contribution in [3.8, 4) is 16.9 Å². The van der Waals surface area contributed by atoms with Crippen LogP contribution in [-0.2, 0) is 7.05 Å². The van der Waals surface area contributed by atoms with Crippen LogP contribution in [0.25, 0.3) is 22.0 Å². The summed E-state index contributed by atoms with van der Waals surface area (Å²) in [5.74, 6) is -0.981. The number of ether oxygens (including phenoxy) is 1. The van der Waals surface area contributed by atoms with Gasteiger partial charge in [0.15, 0.2) is 0 Å². The molecule has 2 heterocycles. The number of H-pyrrole nitrogens is 1. The Bertz CT molecular complexity index is 1080. The lowest BCUT2D eigenvalue weighted by atomic mass is 9.94. The first-order valence-electron chi connectivity index (χ1n) is 9.86. The monoisotopic (exact) mass is 418 g/mol. The van der Waals surface area contributed by atoms with Crippen LogP contribution in [0.2, 0.25) is 0 Å². The van der Waals surface area contributed by atoms with E-state index in [-0.39, 0.29) is 24.5 Å². The number of rotatable bonds is 5. The van der Waals surface area contributed by atoms with Gasteiger partial charge in [0.1, 0.15) is 11.3 Å². The molecule has 0 amide bonds. The molecule has 1 N–H and O–H groups in total. The van der Waals surface area contributed by atoms with Crippen molar-refractivity contribution >= 4 is 22.7 Å². The van der Waals surface area contributed by atoms with E-state index >= 15 is 0 Å². The zero-order chi connectivity index (χ0) is 20.6. The summed E-state index contributed by atoms with van der Waals surface area (Å²) < 4.78 is 34.8. The van der Waals surface area contributed by atoms with E-state index in [1.54, 1.807) is 29.6 Å². The molecule has 4 rings (SSSR count). The molecule has 1 saturated carbocycles. The van der Waals surface area contributed by atoms with Crippen LogP contribution in [0.3, 0.4) is 0 Å². The van der Waals surface area contributed by atoms with Crippen LogP contribution < -0.4 is 10.3 Å². The van der Waals surface area contributed by atoms with Crippen LogP contribution >= 0.6 is 11.8 Å². The first-order chi connectivity index (χ1) is 13.9. The number of hydrogen-bond donors (Lipinski definition) is 1. The molecule has 1 aromatic carbocycles. The van der Waals surface area contributed by atoms with E-state index in [9.17, 15) is 13.6 Å². The van der Waals surface area contributed by atoms with Crippen molar-refractivity contribution in [3.63, 3.8) is 0 Å². The highest BCUT2D eigenvalue weighted by atomic mass is 32.2. The molecule has 0 atom stereocenters. The van der Waals surface area contributed by atoms with Crippen LogP contribution in [0.4, 0.5) is 8.78 Å². The largest absolute Gasteiger partial charge is 0.490 e. The fraction of sp³-hybridized carbons (Fsp3) is 0.409. The first-order valence-corrected chi connectivity index (χ1v) is 10.8. The molecule has 2 aromatic heterocycles. The normalized spacial score (nSPS) is 17.0. The number of aryl methyl sites for hydroxylation is 1. The number of nitrogens with one attached hydrogen (secondary N) is 1. The van der Waals surface area contributed by atoms with E-state index in [1.807, 2.05) is 24.4 Å². The van der Waals surface area contributed by atoms with Gasteiger partial charge >= 0.3 is 0 Å². The highest BCUT2D eigenvalue weighted by Crippen LogP contribution is 2.40. The Morgan fingerprint density at radius 1 is 1.24 bits per heavy atom. The number of alkyl halides is 2. The lowest BCUT2D eigenvalue weighted by molar-refractivity contribution is -0.0581. The van der Waals surface area contributed by atoms with Gasteiger partial charge in [0.25, 0.3) is 5.56 Å². The van der Waals surface area contributed by atoms with Gasteiger partial charge in [0.2, 0.25) is 5.92 Å². The standard InChI is InChI=1S/C22H24F2N2O2S/c1-3-29-15-4-5-19(28-14-6-9-22(23,24)10-7-14)17(12-15)18-13-26(2)21(27)20-16(18)8-11-25-20/h4-5,8,11-14,25H,3,6-7,9-10H2,1-2H3. The van der Waals surface area contributed by atoms with Crippen LogP contribution in [0, 0.1) is 0 Å². The zero-order valence-electron chi connectivity index (χ0n) is 16.5. The lowest BCUT2D eigenvalue weighted by Crippen LogP contribution is -2.30. The molecule has 1 aliphatic carbocycles. The number of nitrogens with zero attached hydrogens (tertiary/aromatic N) is 1. The quantitative estimate of drug-likeness (QED) is 0.549. The smallest absolute Gasteiger partial charge is 0.274 e. The predicted octanol–water partition coefficient (Wildman–Crippen LogP) is 5.60. The summed E-state index contributed by atoms with van der Waals surface area (Å²) in [4.78, 5) is 16.6. The van der Waals surface area contributed by atoms with Gasteiger partial charge in [-0.15, -0.1) is 11.8 Å². The Morgan fingerprint density at radius 2 is 2.00 bits per heavy atom. The molecule has 0 bridgehead atoms. The molecule has 3 aromatic rings. The number of fused-ring (bicyclic) bond motifs is 1. The summed E-state index contributed by atoms with van der Waals surface area (Å²) in [5.41, 5.74) is 2.21. The van der Waals surface area contributed by atoms with Gasteiger partial charge in [-0.3, -0.25) is 4.79 Å². The van der Waals surface area contributed by atoms with Gasteiger partial charge in [-0.1, -0.05) is 6.92 Å². The summed E-state index contributed by atoms with van der Waals surface area (Å²) in [6.07, 6.45) is 3.74. The number of hydrogen-bond acceptors (Lipinski definition) is 3. The minimum atomic E-state index is -2.58. The number of aromatic amines is 1. The molecule has 7 heteroatoms. The summed E-state index contributed by atoms with van der Waals surface area (Å²) >= 11 is 1.72. The molecule has 0 spiro atoms. The molecule has 29 heavy (non-hydrogen) atoms. The Morgan fingerprint density at radius 3 is 2.72 bits per heavy atom. The number of halogens is 2. The summed E-state index contributed by atoms with van der Waals surface area (Å²) in [7, 11) is 1.72. The molecule has 154 valence electrons. The SMILES string of the molecule is CCSc1ccc(OC2CCC(F)(F)CC2)c(-c2cn(C)c(=O)c3[nH]ccc23)c1. The third kappa shape index (κ3) is 4.06. The van der Waals surface area contributed by atoms with Crippen LogP contribution in [0.15, 0.2) is 46.3 Å². The minimum Gasteiger partial charge on any atom is -0.490 e. The van der Waals surface area contributed by atoms with Gasteiger partial charge in [0.05, 0.1) is 6.10 Å². The van der Waals surface area contributed by atoms with E-state index in [0.717, 1.165) is 27.2 Å². The Kier molecular flexibility index (Phi) is 5.42. The maximum Gasteiger partial charge on any atom is 0.274 e. The molecule has 1 aliphatic rings. The molecule has 0 saturated heterocycles. The van der Waals surface area contributed by atoms with Crippen molar-refractivity contribution in [3.05, 3.63) is 47.0 Å². The summed E-state index contributed by atoms with van der Waals surface area (Å²) in [5, 5.41) is 0.826. The third-order valence-corrected chi connectivity index (χ3v) is 6.28. The van der Waals surface area contributed by atoms with E-state index in [0.29, 0.717) is 24.1 Å². The Labute approximate surface area is 172 Å². The van der Waals surface area contributed by atoms with Crippen LogP contribution in [0.5, 0.6) is 5.75 Å². The first kappa shape index (κ1) is 20.0. The molecule has 0 unspecified atom stereocenters. The van der Waals surface area contributed by atoms with Crippen molar-refractivity contribution in [2.24, 2.45) is 7.05 Å². The number of thioether (sulfide) groups is 1. The van der Waals surface area contributed by atoms with E-state index in [1.165, 1.54) is 0 Å². The molecule has 1 fully saturated rings. The minimum absolute atomic E-state index is 0.0928. The molecular weight excluding hydrogens is 394 g/mol. The fourth-order valence-corrected chi connectivity index (χ4v) is 4.57. The average molecular weight is 419 g/mol. The van der Waals surface area contributed by atoms with Crippen molar-refractivity contribution in [2.45, 2.75) is 49.5 Å². The maximum atomic E-state index is 13.5. The Hall–Kier alpha value is -2.28. The predicted molar refractivity (Wildman–Crippen MR) is 113 cm³/mol. The topological polar surface area (TPSA) is 47.0 Å². The van der Waals surface area contributed by atoms with Gasteiger partial charge in [-0.05, 0) is 42.9 Å². The third-order valence-electron chi connectivity index (χ3n) is 5.40. The number of benzene rings is 1. The van der Waals surface area contributed by atoms with E-state index in [4.69, 9.17) is 4.74 Å². The second-order valence-electron chi connectivity index (χ2n) is 7.49. The van der Waals surface area contributed by atoms with Crippen LogP contribution in [-0.4, -0.2) is 27.3 Å². The molecule has 0 aliphatic heterocycles. The van der Waals surface area contributed by atoms with Gasteiger partial charge in [-0.2, -0.15) is 0 Å². The summed E-state index contributed by atoms with van der Waals surface area (Å²) in [6.45, 7) is 2.09. The fourth-order valence-electron chi connectivity index (χ4n) is 3.87. The molecular formula is C22H24F2N2O2S. The maximum absolute atomic E-state index is 13.5. The average Bonchev–Trinajstić information content (AvgIpc) is 3.18. The second-order valence-corrected chi connectivity index (χ2v) is 8.83. The number of aromatic nitrogens is 2. The highest BCUT2D eigenvalue weighted by molar-refractivity contribution is 7.99. The Balaban J connectivity index is 1.78. The van der Waals surface area contributed by atoms with Gasteiger partial charge < -0.3 is 14.3 Å². The van der Waals surface area contributed by atoms with Gasteiger partial charge in [0, 0.05) is 53.7 Å².